The molecule has 0 atom stereocenters. The second kappa shape index (κ2) is 5.45. The minimum Gasteiger partial charge on any atom is -0.251 e. The molecule has 1 saturated heterocycles. The van der Waals surface area contributed by atoms with Crippen molar-refractivity contribution in [3.63, 3.8) is 0 Å². The first-order valence-electron chi connectivity index (χ1n) is 3.22. The summed E-state index contributed by atoms with van der Waals surface area (Å²) >= 11 is 1.84. The fourth-order valence-electron chi connectivity index (χ4n) is 0.470. The van der Waals surface area contributed by atoms with Crippen LogP contribution in [0.2, 0.25) is 0 Å². The molecule has 50 valence electrons. The van der Waals surface area contributed by atoms with Crippen LogP contribution < -0.4 is 0 Å². The Balaban J connectivity index is 0.000000222. The number of nitrogens with zero attached hydrogens (tertiary/aromatic N) is 1. The Hall–Kier alpha value is 0.310. The molecule has 0 amide bonds. The molecular formula is C6H15NS. The van der Waals surface area contributed by atoms with Crippen molar-refractivity contribution in [3.05, 3.63) is 0 Å². The van der Waals surface area contributed by atoms with Crippen molar-refractivity contribution in [1.82, 2.24) is 4.31 Å². The Kier molecular flexibility index (Phi) is 5.66. The van der Waals surface area contributed by atoms with E-state index < -0.39 is 0 Å². The quantitative estimate of drug-likeness (QED) is 0.503. The molecule has 0 aliphatic carbocycles. The topological polar surface area (TPSA) is 3.24 Å². The second-order valence-corrected chi connectivity index (χ2v) is 2.35. The van der Waals surface area contributed by atoms with Gasteiger partial charge in [0.1, 0.15) is 0 Å². The summed E-state index contributed by atoms with van der Waals surface area (Å²) in [5.41, 5.74) is 0. The van der Waals surface area contributed by atoms with Gasteiger partial charge in [-0.3, -0.25) is 4.31 Å². The lowest BCUT2D eigenvalue weighted by atomic mass is 10.3. The van der Waals surface area contributed by atoms with E-state index in [9.17, 15) is 0 Å². The van der Waals surface area contributed by atoms with Gasteiger partial charge in [0.05, 0.1) is 0 Å². The number of hydrogen-bond donors (Lipinski definition) is 0. The molecule has 0 aromatic carbocycles. The molecule has 0 unspecified atom stereocenters. The average Bonchev–Trinajstić information content (AvgIpc) is 1.69. The molecule has 1 aliphatic heterocycles. The minimum atomic E-state index is 1.31. The van der Waals surface area contributed by atoms with Crippen LogP contribution in [0.3, 0.4) is 0 Å². The summed E-state index contributed by atoms with van der Waals surface area (Å²) in [4.78, 5) is 0. The molecule has 2 heteroatoms. The molecule has 0 aromatic rings. The molecule has 1 heterocycles. The predicted octanol–water partition coefficient (Wildman–Crippen LogP) is 2.00. The standard InChI is InChI=1S/C4H9NS.C2H6/c1-6-5-3-2-4-5;1-2/h2-4H2,1H3;1-2H3. The average molecular weight is 133 g/mol. The monoisotopic (exact) mass is 133 g/mol. The van der Waals surface area contributed by atoms with E-state index in [1.807, 2.05) is 25.8 Å². The van der Waals surface area contributed by atoms with Gasteiger partial charge in [-0.15, -0.1) is 0 Å². The summed E-state index contributed by atoms with van der Waals surface area (Å²) in [6, 6.07) is 0. The fraction of sp³-hybridized carbons (Fsp3) is 1.00. The molecule has 0 bridgehead atoms. The minimum absolute atomic E-state index is 1.31. The highest BCUT2D eigenvalue weighted by atomic mass is 32.2. The third-order valence-corrected chi connectivity index (χ3v) is 1.95. The third-order valence-electron chi connectivity index (χ3n) is 1.07. The van der Waals surface area contributed by atoms with E-state index in [0.717, 1.165) is 0 Å². The first-order valence-corrected chi connectivity index (χ1v) is 4.40. The van der Waals surface area contributed by atoms with Gasteiger partial charge in [0.25, 0.3) is 0 Å². The Morgan fingerprint density at radius 1 is 1.25 bits per heavy atom. The van der Waals surface area contributed by atoms with Gasteiger partial charge in [0.2, 0.25) is 0 Å². The van der Waals surface area contributed by atoms with Gasteiger partial charge < -0.3 is 0 Å². The van der Waals surface area contributed by atoms with Crippen LogP contribution in [0.1, 0.15) is 20.3 Å². The van der Waals surface area contributed by atoms with Gasteiger partial charge in [-0.05, 0) is 12.7 Å². The van der Waals surface area contributed by atoms with E-state index in [0.29, 0.717) is 0 Å². The van der Waals surface area contributed by atoms with Gasteiger partial charge in [-0.25, -0.2) is 0 Å². The molecule has 1 fully saturated rings. The Labute approximate surface area is 56.6 Å². The number of rotatable bonds is 1. The van der Waals surface area contributed by atoms with E-state index >= 15 is 0 Å². The molecule has 1 aliphatic rings. The zero-order valence-corrected chi connectivity index (χ0v) is 6.79. The highest BCUT2D eigenvalue weighted by Gasteiger charge is 2.10. The highest BCUT2D eigenvalue weighted by molar-refractivity contribution is 7.96. The summed E-state index contributed by atoms with van der Waals surface area (Å²) < 4.78 is 2.35. The van der Waals surface area contributed by atoms with Crippen molar-refractivity contribution in [1.29, 1.82) is 0 Å². The zero-order chi connectivity index (χ0) is 6.41. The van der Waals surface area contributed by atoms with Gasteiger partial charge >= 0.3 is 0 Å². The first kappa shape index (κ1) is 8.31. The highest BCUT2D eigenvalue weighted by Crippen LogP contribution is 2.13. The predicted molar refractivity (Wildman–Crippen MR) is 41.1 cm³/mol. The number of hydrogen-bond acceptors (Lipinski definition) is 2. The summed E-state index contributed by atoms with van der Waals surface area (Å²) in [7, 11) is 0. The van der Waals surface area contributed by atoms with Gasteiger partial charge in [-0.2, -0.15) is 0 Å². The van der Waals surface area contributed by atoms with Crippen molar-refractivity contribution in [2.75, 3.05) is 19.3 Å². The Bertz CT molecular complexity index is 41.0. The summed E-state index contributed by atoms with van der Waals surface area (Å²) in [6.07, 6.45) is 3.53. The molecule has 0 radical (unpaired) electrons. The molecule has 8 heavy (non-hydrogen) atoms. The van der Waals surface area contributed by atoms with Crippen LogP contribution in [0.15, 0.2) is 0 Å². The normalized spacial score (nSPS) is 18.4. The van der Waals surface area contributed by atoms with Crippen molar-refractivity contribution in [2.45, 2.75) is 20.3 Å². The maximum Gasteiger partial charge on any atom is 0.0102 e. The van der Waals surface area contributed by atoms with Gasteiger partial charge in [0, 0.05) is 13.1 Å². The summed E-state index contributed by atoms with van der Waals surface area (Å²) in [6.45, 7) is 6.61. The summed E-state index contributed by atoms with van der Waals surface area (Å²) in [5, 5.41) is 0. The van der Waals surface area contributed by atoms with Crippen LogP contribution in [-0.4, -0.2) is 23.7 Å². The van der Waals surface area contributed by atoms with Crippen LogP contribution >= 0.6 is 11.9 Å². The molecule has 1 rings (SSSR count). The van der Waals surface area contributed by atoms with Crippen LogP contribution in [0.4, 0.5) is 0 Å². The molecule has 0 spiro atoms. The maximum absolute atomic E-state index is 2.35. The van der Waals surface area contributed by atoms with E-state index in [-0.39, 0.29) is 0 Å². The van der Waals surface area contributed by atoms with E-state index in [4.69, 9.17) is 0 Å². The SMILES string of the molecule is CC.CSN1CCC1. The van der Waals surface area contributed by atoms with Crippen LogP contribution in [0, 0.1) is 0 Å². The van der Waals surface area contributed by atoms with Crippen molar-refractivity contribution < 1.29 is 0 Å². The van der Waals surface area contributed by atoms with Crippen LogP contribution in [0.25, 0.3) is 0 Å². The molecule has 0 aromatic heterocycles. The third kappa shape index (κ3) is 2.58. The lowest BCUT2D eigenvalue weighted by Crippen LogP contribution is -2.29. The maximum atomic E-state index is 2.35. The van der Waals surface area contributed by atoms with Crippen LogP contribution in [0.5, 0.6) is 0 Å². The largest absolute Gasteiger partial charge is 0.251 e. The lowest BCUT2D eigenvalue weighted by molar-refractivity contribution is 0.345. The molecule has 1 nitrogen and oxygen atoms in total. The Morgan fingerprint density at radius 2 is 1.75 bits per heavy atom. The molecule has 0 saturated carbocycles. The molecule has 0 N–H and O–H groups in total. The zero-order valence-electron chi connectivity index (χ0n) is 5.98. The van der Waals surface area contributed by atoms with Crippen LogP contribution in [-0.2, 0) is 0 Å². The van der Waals surface area contributed by atoms with Crippen molar-refractivity contribution in [3.8, 4) is 0 Å². The van der Waals surface area contributed by atoms with E-state index in [2.05, 4.69) is 10.6 Å². The Morgan fingerprint density at radius 3 is 1.75 bits per heavy atom. The van der Waals surface area contributed by atoms with Gasteiger partial charge in [0.15, 0.2) is 0 Å². The molecular weight excluding hydrogens is 118 g/mol. The lowest BCUT2D eigenvalue weighted by Gasteiger charge is -2.27. The smallest absolute Gasteiger partial charge is 0.0102 e. The van der Waals surface area contributed by atoms with E-state index in [1.54, 1.807) is 0 Å². The van der Waals surface area contributed by atoms with Crippen molar-refractivity contribution in [2.24, 2.45) is 0 Å². The van der Waals surface area contributed by atoms with Gasteiger partial charge in [-0.1, -0.05) is 25.8 Å². The fourth-order valence-corrected chi connectivity index (χ4v) is 1.09. The second-order valence-electron chi connectivity index (χ2n) is 1.47. The van der Waals surface area contributed by atoms with Crippen molar-refractivity contribution >= 4 is 11.9 Å². The summed E-state index contributed by atoms with van der Waals surface area (Å²) in [5.74, 6) is 0. The first-order chi connectivity index (χ1) is 3.93. The van der Waals surface area contributed by atoms with E-state index in [1.165, 1.54) is 19.5 Å².